The van der Waals surface area contributed by atoms with E-state index in [1.54, 1.807) is 12.1 Å². The highest BCUT2D eigenvalue weighted by molar-refractivity contribution is 6.03. The summed E-state index contributed by atoms with van der Waals surface area (Å²) in [6, 6.07) is 7.35. The van der Waals surface area contributed by atoms with E-state index in [4.69, 9.17) is 5.73 Å². The molecule has 1 fully saturated rings. The van der Waals surface area contributed by atoms with Crippen LogP contribution in [0.4, 0.5) is 5.69 Å². The minimum Gasteiger partial charge on any atom is -0.399 e. The van der Waals surface area contributed by atoms with Gasteiger partial charge in [-0.3, -0.25) is 14.9 Å². The molecule has 96 valence electrons. The van der Waals surface area contributed by atoms with Crippen molar-refractivity contribution >= 4 is 17.5 Å². The van der Waals surface area contributed by atoms with Gasteiger partial charge in [0.15, 0.2) is 0 Å². The van der Waals surface area contributed by atoms with Crippen LogP contribution in [0.1, 0.15) is 32.3 Å². The lowest BCUT2D eigenvalue weighted by molar-refractivity contribution is -0.139. The van der Waals surface area contributed by atoms with Crippen LogP contribution in [-0.2, 0) is 15.0 Å². The molecule has 0 spiro atoms. The second-order valence-corrected chi connectivity index (χ2v) is 5.13. The lowest BCUT2D eigenvalue weighted by atomic mass is 9.66. The minimum atomic E-state index is -0.623. The fourth-order valence-corrected chi connectivity index (χ4v) is 2.67. The molecule has 1 aromatic rings. The van der Waals surface area contributed by atoms with Crippen LogP contribution in [-0.4, -0.2) is 11.8 Å². The third kappa shape index (κ3) is 1.88. The molecule has 1 aromatic carbocycles. The quantitative estimate of drug-likeness (QED) is 0.615. The Morgan fingerprint density at radius 1 is 1.22 bits per heavy atom. The lowest BCUT2D eigenvalue weighted by Gasteiger charge is -2.39. The van der Waals surface area contributed by atoms with Crippen molar-refractivity contribution in [1.29, 1.82) is 0 Å². The molecule has 2 rings (SSSR count). The highest BCUT2D eigenvalue weighted by Gasteiger charge is 2.46. The second-order valence-electron chi connectivity index (χ2n) is 5.13. The van der Waals surface area contributed by atoms with Crippen LogP contribution in [0.25, 0.3) is 0 Å². The van der Waals surface area contributed by atoms with E-state index in [9.17, 15) is 9.59 Å². The van der Waals surface area contributed by atoms with E-state index in [-0.39, 0.29) is 17.7 Å². The SMILES string of the molecule is CC(C)C1(c2ccc(N)cc2)CCC(=O)NC1=O. The molecule has 0 aliphatic carbocycles. The third-order valence-corrected chi connectivity index (χ3v) is 3.82. The Labute approximate surface area is 107 Å². The Morgan fingerprint density at radius 3 is 2.33 bits per heavy atom. The molecule has 1 aliphatic rings. The van der Waals surface area contributed by atoms with Crippen molar-refractivity contribution in [1.82, 2.24) is 5.32 Å². The highest BCUT2D eigenvalue weighted by Crippen LogP contribution is 2.39. The number of nitrogens with one attached hydrogen (secondary N) is 1. The van der Waals surface area contributed by atoms with Gasteiger partial charge in [-0.15, -0.1) is 0 Å². The summed E-state index contributed by atoms with van der Waals surface area (Å²) in [6.45, 7) is 4.01. The maximum atomic E-state index is 12.3. The van der Waals surface area contributed by atoms with E-state index < -0.39 is 5.41 Å². The van der Waals surface area contributed by atoms with Gasteiger partial charge in [0.2, 0.25) is 11.8 Å². The smallest absolute Gasteiger partial charge is 0.237 e. The van der Waals surface area contributed by atoms with E-state index in [1.807, 2.05) is 26.0 Å². The first kappa shape index (κ1) is 12.6. The Balaban J connectivity index is 2.47. The second kappa shape index (κ2) is 4.44. The fourth-order valence-electron chi connectivity index (χ4n) is 2.67. The Hall–Kier alpha value is -1.84. The number of carbonyl (C=O) groups is 2. The van der Waals surface area contributed by atoms with Gasteiger partial charge in [0.1, 0.15) is 0 Å². The highest BCUT2D eigenvalue weighted by atomic mass is 16.2. The zero-order valence-electron chi connectivity index (χ0n) is 10.7. The number of hydrogen-bond acceptors (Lipinski definition) is 3. The molecule has 4 heteroatoms. The first-order chi connectivity index (χ1) is 8.46. The number of hydrogen-bond donors (Lipinski definition) is 2. The number of nitrogens with two attached hydrogens (primary N) is 1. The van der Waals surface area contributed by atoms with Crippen LogP contribution in [0.2, 0.25) is 0 Å². The van der Waals surface area contributed by atoms with Gasteiger partial charge in [0.05, 0.1) is 5.41 Å². The molecule has 3 N–H and O–H groups in total. The average molecular weight is 246 g/mol. The van der Waals surface area contributed by atoms with Crippen LogP contribution in [0, 0.1) is 5.92 Å². The van der Waals surface area contributed by atoms with Gasteiger partial charge >= 0.3 is 0 Å². The normalized spacial score (nSPS) is 24.2. The number of amides is 2. The summed E-state index contributed by atoms with van der Waals surface area (Å²) in [5, 5.41) is 2.46. The number of anilines is 1. The molecular formula is C14H18N2O2. The topological polar surface area (TPSA) is 72.2 Å². The summed E-state index contributed by atoms with van der Waals surface area (Å²) >= 11 is 0. The van der Waals surface area contributed by atoms with Crippen LogP contribution >= 0.6 is 0 Å². The molecule has 1 saturated heterocycles. The van der Waals surface area contributed by atoms with Crippen molar-refractivity contribution in [2.24, 2.45) is 5.92 Å². The van der Waals surface area contributed by atoms with E-state index >= 15 is 0 Å². The Bertz CT molecular complexity index is 479. The molecule has 18 heavy (non-hydrogen) atoms. The molecule has 4 nitrogen and oxygen atoms in total. The molecule has 0 saturated carbocycles. The van der Waals surface area contributed by atoms with Crippen LogP contribution in [0.5, 0.6) is 0 Å². The molecule has 2 amide bonds. The number of benzene rings is 1. The van der Waals surface area contributed by atoms with Gasteiger partial charge in [0, 0.05) is 12.1 Å². The van der Waals surface area contributed by atoms with E-state index in [2.05, 4.69) is 5.32 Å². The standard InChI is InChI=1S/C14H18N2O2/c1-9(2)14(8-7-12(17)16-13(14)18)10-3-5-11(15)6-4-10/h3-6,9H,7-8,15H2,1-2H3,(H,16,17,18). The molecule has 1 unspecified atom stereocenters. The molecule has 0 radical (unpaired) electrons. The largest absolute Gasteiger partial charge is 0.399 e. The summed E-state index contributed by atoms with van der Waals surface area (Å²) in [5.74, 6) is -0.264. The molecule has 1 atom stereocenters. The maximum absolute atomic E-state index is 12.3. The molecular weight excluding hydrogens is 228 g/mol. The van der Waals surface area contributed by atoms with E-state index in [0.29, 0.717) is 18.5 Å². The molecule has 1 heterocycles. The van der Waals surface area contributed by atoms with Crippen molar-refractivity contribution in [3.05, 3.63) is 29.8 Å². The third-order valence-electron chi connectivity index (χ3n) is 3.82. The molecule has 0 aromatic heterocycles. The number of rotatable bonds is 2. The van der Waals surface area contributed by atoms with Gasteiger partial charge in [0.25, 0.3) is 0 Å². The summed E-state index contributed by atoms with van der Waals surface area (Å²) in [5.41, 5.74) is 6.65. The Kier molecular flexibility index (Phi) is 3.11. The van der Waals surface area contributed by atoms with E-state index in [0.717, 1.165) is 5.56 Å². The summed E-state index contributed by atoms with van der Waals surface area (Å²) in [4.78, 5) is 23.6. The van der Waals surface area contributed by atoms with Gasteiger partial charge in [-0.05, 0) is 30.0 Å². The predicted molar refractivity (Wildman–Crippen MR) is 69.8 cm³/mol. The summed E-state index contributed by atoms with van der Waals surface area (Å²) < 4.78 is 0. The lowest BCUT2D eigenvalue weighted by Crippen LogP contribution is -2.54. The zero-order valence-corrected chi connectivity index (χ0v) is 10.7. The predicted octanol–water partition coefficient (Wildman–Crippen LogP) is 1.60. The average Bonchev–Trinajstić information content (AvgIpc) is 2.30. The van der Waals surface area contributed by atoms with Gasteiger partial charge in [-0.1, -0.05) is 26.0 Å². The molecule has 1 aliphatic heterocycles. The van der Waals surface area contributed by atoms with Gasteiger partial charge < -0.3 is 5.73 Å². The van der Waals surface area contributed by atoms with Crippen LogP contribution < -0.4 is 11.1 Å². The zero-order chi connectivity index (χ0) is 13.3. The van der Waals surface area contributed by atoms with Gasteiger partial charge in [-0.25, -0.2) is 0 Å². The Morgan fingerprint density at radius 2 is 1.83 bits per heavy atom. The van der Waals surface area contributed by atoms with Crippen LogP contribution in [0.3, 0.4) is 0 Å². The summed E-state index contributed by atoms with van der Waals surface area (Å²) in [7, 11) is 0. The van der Waals surface area contributed by atoms with Crippen LogP contribution in [0.15, 0.2) is 24.3 Å². The number of imide groups is 1. The van der Waals surface area contributed by atoms with E-state index in [1.165, 1.54) is 0 Å². The van der Waals surface area contributed by atoms with Crippen molar-refractivity contribution in [3.8, 4) is 0 Å². The van der Waals surface area contributed by atoms with Crippen molar-refractivity contribution < 1.29 is 9.59 Å². The minimum absolute atomic E-state index is 0.120. The first-order valence-electron chi connectivity index (χ1n) is 6.17. The van der Waals surface area contributed by atoms with Crippen molar-refractivity contribution in [3.63, 3.8) is 0 Å². The summed E-state index contributed by atoms with van der Waals surface area (Å²) in [6.07, 6.45) is 0.938. The number of nitrogen functional groups attached to an aromatic ring is 1. The maximum Gasteiger partial charge on any atom is 0.237 e. The first-order valence-corrected chi connectivity index (χ1v) is 6.17. The monoisotopic (exact) mass is 246 g/mol. The molecule has 0 bridgehead atoms. The van der Waals surface area contributed by atoms with Crippen molar-refractivity contribution in [2.45, 2.75) is 32.1 Å². The number of carbonyl (C=O) groups excluding carboxylic acids is 2. The number of piperidine rings is 1. The van der Waals surface area contributed by atoms with Gasteiger partial charge in [-0.2, -0.15) is 0 Å². The fraction of sp³-hybridized carbons (Fsp3) is 0.429. The van der Waals surface area contributed by atoms with Crippen molar-refractivity contribution in [2.75, 3.05) is 5.73 Å².